The zero-order valence-corrected chi connectivity index (χ0v) is 10.4. The molecule has 5 heteroatoms. The van der Waals surface area contributed by atoms with Crippen LogP contribution in [-0.4, -0.2) is 16.0 Å². The maximum absolute atomic E-state index is 11.8. The van der Waals surface area contributed by atoms with Gasteiger partial charge in [0.15, 0.2) is 5.82 Å². The highest BCUT2D eigenvalue weighted by molar-refractivity contribution is 5.90. The van der Waals surface area contributed by atoms with Crippen LogP contribution in [0.15, 0.2) is 35.1 Å². The fourth-order valence-corrected chi connectivity index (χ4v) is 1.68. The topological polar surface area (TPSA) is 68.0 Å². The van der Waals surface area contributed by atoms with Crippen molar-refractivity contribution in [2.45, 2.75) is 26.2 Å². The number of anilines is 1. The monoisotopic (exact) mass is 245 g/mol. The second-order valence-electron chi connectivity index (χ2n) is 4.26. The number of pyridine rings is 1. The van der Waals surface area contributed by atoms with Crippen LogP contribution in [0.1, 0.15) is 30.6 Å². The second-order valence-corrected chi connectivity index (χ2v) is 4.26. The summed E-state index contributed by atoms with van der Waals surface area (Å²) >= 11 is 0. The van der Waals surface area contributed by atoms with E-state index in [2.05, 4.69) is 15.5 Å². The standard InChI is InChI=1S/C13H15N3O2/c1-9(11-4-3-5-14-8-11)6-13(17)15-12-7-10(2)18-16-12/h3-5,7-9H,6H2,1-2H3,(H,15,16,17). The quantitative estimate of drug-likeness (QED) is 0.898. The molecule has 0 radical (unpaired) electrons. The second kappa shape index (κ2) is 5.44. The van der Waals surface area contributed by atoms with E-state index in [9.17, 15) is 4.79 Å². The maximum Gasteiger partial charge on any atom is 0.226 e. The molecule has 0 aliphatic heterocycles. The van der Waals surface area contributed by atoms with Gasteiger partial charge in [0.05, 0.1) is 0 Å². The summed E-state index contributed by atoms with van der Waals surface area (Å²) in [6.07, 6.45) is 3.88. The number of aryl methyl sites for hydroxylation is 1. The molecule has 2 aromatic rings. The Morgan fingerprint density at radius 2 is 2.39 bits per heavy atom. The summed E-state index contributed by atoms with van der Waals surface area (Å²) in [5, 5.41) is 6.42. The Bertz CT molecular complexity index is 522. The van der Waals surface area contributed by atoms with Gasteiger partial charge in [-0.25, -0.2) is 0 Å². The van der Waals surface area contributed by atoms with Crippen LogP contribution >= 0.6 is 0 Å². The molecule has 0 aromatic carbocycles. The molecule has 0 aliphatic rings. The highest BCUT2D eigenvalue weighted by atomic mass is 16.5. The van der Waals surface area contributed by atoms with E-state index in [1.54, 1.807) is 25.4 Å². The molecule has 2 rings (SSSR count). The molecule has 1 unspecified atom stereocenters. The van der Waals surface area contributed by atoms with Gasteiger partial charge in [0.2, 0.25) is 5.91 Å². The number of carbonyl (C=O) groups is 1. The van der Waals surface area contributed by atoms with E-state index in [-0.39, 0.29) is 11.8 Å². The molecular formula is C13H15N3O2. The van der Waals surface area contributed by atoms with Crippen LogP contribution in [0.5, 0.6) is 0 Å². The van der Waals surface area contributed by atoms with Crippen molar-refractivity contribution in [3.8, 4) is 0 Å². The summed E-state index contributed by atoms with van der Waals surface area (Å²) in [5.41, 5.74) is 1.05. The Kier molecular flexibility index (Phi) is 3.72. The predicted molar refractivity (Wildman–Crippen MR) is 67.1 cm³/mol. The van der Waals surface area contributed by atoms with Crippen molar-refractivity contribution in [2.24, 2.45) is 0 Å². The third kappa shape index (κ3) is 3.16. The van der Waals surface area contributed by atoms with Crippen LogP contribution < -0.4 is 5.32 Å². The van der Waals surface area contributed by atoms with Crippen LogP contribution in [0.2, 0.25) is 0 Å². The number of hydrogen-bond donors (Lipinski definition) is 1. The van der Waals surface area contributed by atoms with Gasteiger partial charge < -0.3 is 9.84 Å². The van der Waals surface area contributed by atoms with Crippen molar-refractivity contribution < 1.29 is 9.32 Å². The number of nitrogens with zero attached hydrogens (tertiary/aromatic N) is 2. The molecule has 0 saturated carbocycles. The fraction of sp³-hybridized carbons (Fsp3) is 0.308. The Morgan fingerprint density at radius 1 is 1.56 bits per heavy atom. The minimum atomic E-state index is -0.0837. The number of amides is 1. The average Bonchev–Trinajstić information content (AvgIpc) is 2.75. The molecule has 18 heavy (non-hydrogen) atoms. The van der Waals surface area contributed by atoms with Gasteiger partial charge in [0, 0.05) is 24.9 Å². The summed E-state index contributed by atoms with van der Waals surface area (Å²) < 4.78 is 4.88. The van der Waals surface area contributed by atoms with Crippen LogP contribution in [-0.2, 0) is 4.79 Å². The lowest BCUT2D eigenvalue weighted by Gasteiger charge is -2.10. The molecule has 1 amide bonds. The van der Waals surface area contributed by atoms with Crippen molar-refractivity contribution in [3.05, 3.63) is 41.9 Å². The molecular weight excluding hydrogens is 230 g/mol. The molecule has 1 N–H and O–H groups in total. The highest BCUT2D eigenvalue weighted by Crippen LogP contribution is 2.18. The summed E-state index contributed by atoms with van der Waals surface area (Å²) in [5.74, 6) is 1.16. The number of rotatable bonds is 4. The lowest BCUT2D eigenvalue weighted by atomic mass is 9.99. The summed E-state index contributed by atoms with van der Waals surface area (Å²) in [7, 11) is 0. The van der Waals surface area contributed by atoms with E-state index >= 15 is 0 Å². The first-order valence-corrected chi connectivity index (χ1v) is 5.78. The molecule has 0 fully saturated rings. The first-order valence-electron chi connectivity index (χ1n) is 5.78. The third-order valence-corrected chi connectivity index (χ3v) is 2.64. The van der Waals surface area contributed by atoms with E-state index < -0.39 is 0 Å². The Hall–Kier alpha value is -2.17. The number of hydrogen-bond acceptors (Lipinski definition) is 4. The molecule has 0 bridgehead atoms. The minimum Gasteiger partial charge on any atom is -0.360 e. The Labute approximate surface area is 105 Å². The van der Waals surface area contributed by atoms with E-state index in [4.69, 9.17) is 4.52 Å². The maximum atomic E-state index is 11.8. The molecule has 2 heterocycles. The van der Waals surface area contributed by atoms with Gasteiger partial charge >= 0.3 is 0 Å². The summed E-state index contributed by atoms with van der Waals surface area (Å²) in [6.45, 7) is 3.77. The van der Waals surface area contributed by atoms with E-state index in [0.717, 1.165) is 5.56 Å². The summed E-state index contributed by atoms with van der Waals surface area (Å²) in [6, 6.07) is 5.52. The number of aromatic nitrogens is 2. The largest absolute Gasteiger partial charge is 0.360 e. The van der Waals surface area contributed by atoms with Crippen molar-refractivity contribution in [3.63, 3.8) is 0 Å². The molecule has 2 aromatic heterocycles. The molecule has 5 nitrogen and oxygen atoms in total. The normalized spacial score (nSPS) is 12.1. The van der Waals surface area contributed by atoms with Crippen LogP contribution in [0.25, 0.3) is 0 Å². The van der Waals surface area contributed by atoms with Gasteiger partial charge in [-0.1, -0.05) is 18.1 Å². The zero-order chi connectivity index (χ0) is 13.0. The van der Waals surface area contributed by atoms with Crippen molar-refractivity contribution in [1.29, 1.82) is 0 Å². The molecule has 1 atom stereocenters. The van der Waals surface area contributed by atoms with Crippen molar-refractivity contribution >= 4 is 11.7 Å². The van der Waals surface area contributed by atoms with E-state index in [1.165, 1.54) is 0 Å². The van der Waals surface area contributed by atoms with Gasteiger partial charge in [0.1, 0.15) is 5.76 Å². The van der Waals surface area contributed by atoms with E-state index in [0.29, 0.717) is 18.0 Å². The first kappa shape index (κ1) is 12.3. The summed E-state index contributed by atoms with van der Waals surface area (Å²) in [4.78, 5) is 15.8. The zero-order valence-electron chi connectivity index (χ0n) is 10.4. The Balaban J connectivity index is 1.92. The van der Waals surface area contributed by atoms with Crippen LogP contribution in [0.4, 0.5) is 5.82 Å². The van der Waals surface area contributed by atoms with Crippen LogP contribution in [0.3, 0.4) is 0 Å². The number of carbonyl (C=O) groups excluding carboxylic acids is 1. The SMILES string of the molecule is Cc1cc(NC(=O)CC(C)c2cccnc2)no1. The van der Waals surface area contributed by atoms with Crippen LogP contribution in [0, 0.1) is 6.92 Å². The lowest BCUT2D eigenvalue weighted by Crippen LogP contribution is -2.14. The van der Waals surface area contributed by atoms with Gasteiger partial charge in [-0.05, 0) is 24.5 Å². The third-order valence-electron chi connectivity index (χ3n) is 2.64. The molecule has 0 saturated heterocycles. The van der Waals surface area contributed by atoms with Gasteiger partial charge in [-0.2, -0.15) is 0 Å². The first-order chi connectivity index (χ1) is 8.65. The number of nitrogens with one attached hydrogen (secondary N) is 1. The Morgan fingerprint density at radius 3 is 3.00 bits per heavy atom. The van der Waals surface area contributed by atoms with Gasteiger partial charge in [-0.15, -0.1) is 0 Å². The van der Waals surface area contributed by atoms with E-state index in [1.807, 2.05) is 19.1 Å². The van der Waals surface area contributed by atoms with Gasteiger partial charge in [0.25, 0.3) is 0 Å². The molecule has 94 valence electrons. The molecule has 0 spiro atoms. The van der Waals surface area contributed by atoms with Crippen molar-refractivity contribution in [2.75, 3.05) is 5.32 Å². The lowest BCUT2D eigenvalue weighted by molar-refractivity contribution is -0.116. The minimum absolute atomic E-state index is 0.0837. The predicted octanol–water partition coefficient (Wildman–Crippen LogP) is 2.51. The van der Waals surface area contributed by atoms with Crippen molar-refractivity contribution in [1.82, 2.24) is 10.1 Å². The van der Waals surface area contributed by atoms with Gasteiger partial charge in [-0.3, -0.25) is 9.78 Å². The average molecular weight is 245 g/mol. The molecule has 0 aliphatic carbocycles. The fourth-order valence-electron chi connectivity index (χ4n) is 1.68. The smallest absolute Gasteiger partial charge is 0.226 e. The highest BCUT2D eigenvalue weighted by Gasteiger charge is 2.12.